The molecular formula is C16H24O4. The van der Waals surface area contributed by atoms with Gasteiger partial charge in [0.25, 0.3) is 0 Å². The van der Waals surface area contributed by atoms with E-state index in [1.165, 1.54) is 7.11 Å². The van der Waals surface area contributed by atoms with Gasteiger partial charge in [-0.05, 0) is 38.5 Å². The fourth-order valence-corrected chi connectivity index (χ4v) is 3.68. The Balaban J connectivity index is 2.05. The molecule has 2 bridgehead atoms. The number of esters is 1. The number of hydrogen-bond donors (Lipinski definition) is 0. The summed E-state index contributed by atoms with van der Waals surface area (Å²) in [6.07, 6.45) is 4.41. The van der Waals surface area contributed by atoms with Crippen molar-refractivity contribution in [1.29, 1.82) is 0 Å². The van der Waals surface area contributed by atoms with E-state index in [-0.39, 0.29) is 40.7 Å². The van der Waals surface area contributed by atoms with E-state index in [9.17, 15) is 14.4 Å². The number of fused-ring (bicyclic) bond motifs is 3. The van der Waals surface area contributed by atoms with Gasteiger partial charge in [0.05, 0.1) is 18.9 Å². The Hall–Kier alpha value is -1.19. The second kappa shape index (κ2) is 5.30. The molecule has 0 aliphatic heterocycles. The molecule has 0 spiro atoms. The lowest BCUT2D eigenvalue weighted by molar-refractivity contribution is -0.166. The summed E-state index contributed by atoms with van der Waals surface area (Å²) in [6, 6.07) is 0. The number of Topliss-reactive ketones (excluding diaryl/α,β-unsaturated/α-hetero) is 2. The minimum Gasteiger partial charge on any atom is -0.469 e. The summed E-state index contributed by atoms with van der Waals surface area (Å²) in [5.74, 6) is -0.0951. The zero-order chi connectivity index (χ0) is 15.0. The Bertz CT molecular complexity index is 411. The maximum Gasteiger partial charge on any atom is 0.311 e. The van der Waals surface area contributed by atoms with Crippen molar-refractivity contribution >= 4 is 17.5 Å². The molecule has 0 aromatic heterocycles. The lowest BCUT2D eigenvalue weighted by atomic mass is 9.52. The van der Waals surface area contributed by atoms with Crippen LogP contribution in [0.4, 0.5) is 0 Å². The highest BCUT2D eigenvalue weighted by atomic mass is 16.5. The van der Waals surface area contributed by atoms with Gasteiger partial charge in [0.1, 0.15) is 11.6 Å². The monoisotopic (exact) mass is 280 g/mol. The molecule has 0 atom stereocenters. The Morgan fingerprint density at radius 2 is 1.40 bits per heavy atom. The maximum absolute atomic E-state index is 12.5. The number of carbonyl (C=O) groups excluding carboxylic acids is 3. The van der Waals surface area contributed by atoms with Gasteiger partial charge in [-0.1, -0.05) is 13.8 Å². The first-order valence-electron chi connectivity index (χ1n) is 7.50. The van der Waals surface area contributed by atoms with Crippen LogP contribution in [0.5, 0.6) is 0 Å². The standard InChI is InChI=1S/C16H24O4/c1-11(2)12(17)10-13(18)15-4-7-16(8-5-15,9-6-15)14(19)20-3/h11H,4-10H2,1-3H3. The van der Waals surface area contributed by atoms with Gasteiger partial charge in [0, 0.05) is 11.3 Å². The Labute approximate surface area is 120 Å². The van der Waals surface area contributed by atoms with Crippen molar-refractivity contribution in [2.24, 2.45) is 16.7 Å². The summed E-state index contributed by atoms with van der Waals surface area (Å²) in [5.41, 5.74) is -0.709. The van der Waals surface area contributed by atoms with Crippen LogP contribution < -0.4 is 0 Å². The predicted molar refractivity (Wildman–Crippen MR) is 74.1 cm³/mol. The van der Waals surface area contributed by atoms with E-state index >= 15 is 0 Å². The van der Waals surface area contributed by atoms with Gasteiger partial charge in [-0.25, -0.2) is 0 Å². The molecule has 20 heavy (non-hydrogen) atoms. The summed E-state index contributed by atoms with van der Waals surface area (Å²) in [5, 5.41) is 0. The smallest absolute Gasteiger partial charge is 0.311 e. The number of ketones is 2. The summed E-state index contributed by atoms with van der Waals surface area (Å²) >= 11 is 0. The van der Waals surface area contributed by atoms with Gasteiger partial charge in [-0.3, -0.25) is 14.4 Å². The van der Waals surface area contributed by atoms with Crippen LogP contribution in [0.15, 0.2) is 0 Å². The zero-order valence-electron chi connectivity index (χ0n) is 12.7. The molecule has 0 N–H and O–H groups in total. The van der Waals surface area contributed by atoms with Gasteiger partial charge >= 0.3 is 5.97 Å². The van der Waals surface area contributed by atoms with Crippen molar-refractivity contribution in [2.45, 2.75) is 58.8 Å². The highest BCUT2D eigenvalue weighted by molar-refractivity contribution is 6.02. The highest BCUT2D eigenvalue weighted by Crippen LogP contribution is 2.58. The van der Waals surface area contributed by atoms with Crippen LogP contribution in [-0.2, 0) is 19.1 Å². The normalized spacial score (nSPS) is 32.2. The number of rotatable bonds is 5. The van der Waals surface area contributed by atoms with Crippen LogP contribution in [-0.4, -0.2) is 24.6 Å². The van der Waals surface area contributed by atoms with Crippen LogP contribution in [0, 0.1) is 16.7 Å². The van der Waals surface area contributed by atoms with Gasteiger partial charge in [0.2, 0.25) is 0 Å². The molecule has 3 saturated carbocycles. The molecule has 3 aliphatic rings. The van der Waals surface area contributed by atoms with Crippen LogP contribution in [0.2, 0.25) is 0 Å². The molecule has 0 radical (unpaired) electrons. The maximum atomic E-state index is 12.5. The van der Waals surface area contributed by atoms with Gasteiger partial charge < -0.3 is 4.74 Å². The van der Waals surface area contributed by atoms with Crippen molar-refractivity contribution in [3.05, 3.63) is 0 Å². The molecule has 0 amide bonds. The van der Waals surface area contributed by atoms with E-state index < -0.39 is 0 Å². The zero-order valence-corrected chi connectivity index (χ0v) is 12.7. The molecule has 3 rings (SSSR count). The van der Waals surface area contributed by atoms with Gasteiger partial charge in [-0.15, -0.1) is 0 Å². The molecule has 0 unspecified atom stereocenters. The van der Waals surface area contributed by atoms with E-state index in [0.717, 1.165) is 38.5 Å². The first-order chi connectivity index (χ1) is 9.35. The van der Waals surface area contributed by atoms with Crippen LogP contribution in [0.1, 0.15) is 58.8 Å². The fraction of sp³-hybridized carbons (Fsp3) is 0.812. The largest absolute Gasteiger partial charge is 0.469 e. The highest BCUT2D eigenvalue weighted by Gasteiger charge is 2.55. The van der Waals surface area contributed by atoms with Crippen molar-refractivity contribution in [3.63, 3.8) is 0 Å². The minimum atomic E-state index is -0.362. The molecule has 112 valence electrons. The Morgan fingerprint density at radius 3 is 1.80 bits per heavy atom. The van der Waals surface area contributed by atoms with Crippen molar-refractivity contribution in [3.8, 4) is 0 Å². The molecule has 4 heteroatoms. The van der Waals surface area contributed by atoms with Crippen molar-refractivity contribution < 1.29 is 19.1 Å². The second-order valence-corrected chi connectivity index (χ2v) is 6.77. The molecule has 0 saturated heterocycles. The average Bonchev–Trinajstić information content (AvgIpc) is 2.47. The number of methoxy groups -OCH3 is 1. The van der Waals surface area contributed by atoms with Crippen LogP contribution >= 0.6 is 0 Å². The molecule has 4 nitrogen and oxygen atoms in total. The topological polar surface area (TPSA) is 60.4 Å². The van der Waals surface area contributed by atoms with E-state index in [4.69, 9.17) is 4.74 Å². The Morgan fingerprint density at radius 1 is 0.950 bits per heavy atom. The third-order valence-electron chi connectivity index (χ3n) is 5.43. The summed E-state index contributed by atoms with van der Waals surface area (Å²) < 4.78 is 4.92. The SMILES string of the molecule is COC(=O)C12CCC(C(=O)CC(=O)C(C)C)(CC1)CC2. The molecule has 0 heterocycles. The third kappa shape index (κ3) is 2.40. The van der Waals surface area contributed by atoms with Gasteiger partial charge in [0.15, 0.2) is 0 Å². The quantitative estimate of drug-likeness (QED) is 0.574. The van der Waals surface area contributed by atoms with Crippen LogP contribution in [0.3, 0.4) is 0 Å². The first kappa shape index (κ1) is 15.2. The minimum absolute atomic E-state index is 0.0275. The van der Waals surface area contributed by atoms with E-state index in [1.807, 2.05) is 13.8 Å². The van der Waals surface area contributed by atoms with E-state index in [2.05, 4.69) is 0 Å². The van der Waals surface area contributed by atoms with E-state index in [1.54, 1.807) is 0 Å². The molecular weight excluding hydrogens is 256 g/mol. The first-order valence-corrected chi connectivity index (χ1v) is 7.50. The number of carbonyl (C=O) groups is 3. The fourth-order valence-electron chi connectivity index (χ4n) is 3.68. The van der Waals surface area contributed by atoms with E-state index in [0.29, 0.717) is 0 Å². The lowest BCUT2D eigenvalue weighted by Crippen LogP contribution is -2.50. The van der Waals surface area contributed by atoms with Crippen molar-refractivity contribution in [2.75, 3.05) is 7.11 Å². The number of ether oxygens (including phenoxy) is 1. The molecule has 0 aromatic carbocycles. The second-order valence-electron chi connectivity index (χ2n) is 6.77. The summed E-state index contributed by atoms with van der Waals surface area (Å²) in [6.45, 7) is 3.66. The third-order valence-corrected chi connectivity index (χ3v) is 5.43. The summed E-state index contributed by atoms with van der Waals surface area (Å²) in [4.78, 5) is 36.2. The molecule has 3 aliphatic carbocycles. The summed E-state index contributed by atoms with van der Waals surface area (Å²) in [7, 11) is 1.43. The Kier molecular flexibility index (Phi) is 4.03. The van der Waals surface area contributed by atoms with Crippen molar-refractivity contribution in [1.82, 2.24) is 0 Å². The number of hydrogen-bond acceptors (Lipinski definition) is 4. The predicted octanol–water partition coefficient (Wildman–Crippen LogP) is 2.68. The molecule has 3 fully saturated rings. The lowest BCUT2D eigenvalue weighted by Gasteiger charge is -2.50. The molecule has 0 aromatic rings. The van der Waals surface area contributed by atoms with Crippen LogP contribution in [0.25, 0.3) is 0 Å². The average molecular weight is 280 g/mol. The van der Waals surface area contributed by atoms with Gasteiger partial charge in [-0.2, -0.15) is 0 Å².